The average molecular weight is 287 g/mol. The minimum Gasteiger partial charge on any atom is -0.370 e. The molecule has 1 aromatic carbocycles. The molecule has 0 aliphatic rings. The Labute approximate surface area is 112 Å². The first-order chi connectivity index (χ1) is 9.35. The zero-order valence-electron chi connectivity index (χ0n) is 10.4. The van der Waals surface area contributed by atoms with Crippen molar-refractivity contribution in [3.05, 3.63) is 30.0 Å². The molecule has 1 heterocycles. The van der Waals surface area contributed by atoms with Gasteiger partial charge in [-0.3, -0.25) is 9.48 Å². The van der Waals surface area contributed by atoms with Crippen molar-refractivity contribution in [1.29, 1.82) is 0 Å². The van der Waals surface area contributed by atoms with Gasteiger partial charge in [-0.2, -0.15) is 18.3 Å². The van der Waals surface area contributed by atoms with Crippen molar-refractivity contribution < 1.29 is 22.7 Å². The molecule has 0 atom stereocenters. The minimum absolute atomic E-state index is 0.101. The molecule has 0 spiro atoms. The first-order valence-corrected chi connectivity index (χ1v) is 5.77. The summed E-state index contributed by atoms with van der Waals surface area (Å²) in [5.41, 5.74) is 6.14. The molecule has 0 saturated heterocycles. The van der Waals surface area contributed by atoms with Gasteiger partial charge in [-0.05, 0) is 18.2 Å². The maximum atomic E-state index is 11.9. The number of amides is 1. The predicted octanol–water partition coefficient (Wildman–Crippen LogP) is 1.71. The molecule has 0 unspecified atom stereocenters. The highest BCUT2D eigenvalue weighted by Gasteiger charge is 2.27. The topological polar surface area (TPSA) is 70.1 Å². The highest BCUT2D eigenvalue weighted by atomic mass is 19.4. The molecule has 0 aliphatic carbocycles. The number of primary amides is 1. The van der Waals surface area contributed by atoms with Crippen molar-refractivity contribution in [2.24, 2.45) is 5.73 Å². The monoisotopic (exact) mass is 287 g/mol. The Bertz CT molecular complexity index is 622. The lowest BCUT2D eigenvalue weighted by Gasteiger charge is -2.07. The van der Waals surface area contributed by atoms with Crippen LogP contribution in [0.15, 0.2) is 24.4 Å². The van der Waals surface area contributed by atoms with Gasteiger partial charge in [0.1, 0.15) is 6.61 Å². The summed E-state index contributed by atoms with van der Waals surface area (Å²) in [6, 6.07) is 4.75. The fourth-order valence-corrected chi connectivity index (χ4v) is 1.69. The minimum atomic E-state index is -4.33. The third kappa shape index (κ3) is 3.70. The lowest BCUT2D eigenvalue weighted by Crippen LogP contribution is -2.19. The third-order valence-corrected chi connectivity index (χ3v) is 2.57. The molecule has 0 radical (unpaired) electrons. The van der Waals surface area contributed by atoms with Gasteiger partial charge in [0.25, 0.3) is 0 Å². The van der Waals surface area contributed by atoms with Crippen LogP contribution in [-0.4, -0.2) is 35.1 Å². The number of hydrogen-bond acceptors (Lipinski definition) is 3. The van der Waals surface area contributed by atoms with E-state index in [2.05, 4.69) is 9.84 Å². The van der Waals surface area contributed by atoms with E-state index in [9.17, 15) is 18.0 Å². The van der Waals surface area contributed by atoms with Gasteiger partial charge < -0.3 is 10.5 Å². The van der Waals surface area contributed by atoms with E-state index in [1.807, 2.05) is 0 Å². The Hall–Kier alpha value is -2.09. The van der Waals surface area contributed by atoms with E-state index in [-0.39, 0.29) is 13.2 Å². The highest BCUT2D eigenvalue weighted by molar-refractivity contribution is 5.96. The van der Waals surface area contributed by atoms with Gasteiger partial charge in [0.15, 0.2) is 0 Å². The van der Waals surface area contributed by atoms with Gasteiger partial charge in [-0.15, -0.1) is 0 Å². The number of fused-ring (bicyclic) bond motifs is 1. The molecule has 108 valence electrons. The number of alkyl halides is 3. The Morgan fingerprint density at radius 1 is 1.40 bits per heavy atom. The number of nitrogens with two attached hydrogens (primary N) is 1. The van der Waals surface area contributed by atoms with E-state index in [0.29, 0.717) is 16.5 Å². The molecule has 8 heteroatoms. The van der Waals surface area contributed by atoms with Crippen molar-refractivity contribution >= 4 is 16.8 Å². The maximum Gasteiger partial charge on any atom is 0.411 e. The second-order valence-corrected chi connectivity index (χ2v) is 4.20. The van der Waals surface area contributed by atoms with Gasteiger partial charge in [0.05, 0.1) is 18.7 Å². The van der Waals surface area contributed by atoms with Crippen molar-refractivity contribution in [1.82, 2.24) is 9.78 Å². The van der Waals surface area contributed by atoms with Crippen LogP contribution >= 0.6 is 0 Å². The second kappa shape index (κ2) is 5.49. The molecule has 0 fully saturated rings. The summed E-state index contributed by atoms with van der Waals surface area (Å²) in [5, 5.41) is 4.84. The smallest absolute Gasteiger partial charge is 0.370 e. The largest absolute Gasteiger partial charge is 0.411 e. The number of hydrogen-bond donors (Lipinski definition) is 1. The van der Waals surface area contributed by atoms with Crippen LogP contribution in [-0.2, 0) is 11.3 Å². The number of ether oxygens (including phenoxy) is 1. The standard InChI is InChI=1S/C12H12F3N3O2/c13-12(14,15)7-20-4-3-18-6-9-5-8(11(16)19)1-2-10(9)17-18/h1-2,5-6H,3-4,7H2,(H2,16,19). The van der Waals surface area contributed by atoms with E-state index in [0.717, 1.165) is 0 Å². The summed E-state index contributed by atoms with van der Waals surface area (Å²) in [6.45, 7) is -1.19. The number of carbonyl (C=O) groups is 1. The fourth-order valence-electron chi connectivity index (χ4n) is 1.69. The molecule has 2 rings (SSSR count). The lowest BCUT2D eigenvalue weighted by atomic mass is 10.1. The quantitative estimate of drug-likeness (QED) is 0.851. The molecule has 5 nitrogen and oxygen atoms in total. The first kappa shape index (κ1) is 14.3. The van der Waals surface area contributed by atoms with E-state index < -0.39 is 18.7 Å². The SMILES string of the molecule is NC(=O)c1ccc2nn(CCOCC(F)(F)F)cc2c1. The predicted molar refractivity (Wildman–Crippen MR) is 65.1 cm³/mol. The summed E-state index contributed by atoms with van der Waals surface area (Å²) in [7, 11) is 0. The molecule has 0 saturated carbocycles. The summed E-state index contributed by atoms with van der Waals surface area (Å²) >= 11 is 0. The first-order valence-electron chi connectivity index (χ1n) is 5.77. The lowest BCUT2D eigenvalue weighted by molar-refractivity contribution is -0.174. The molecule has 1 amide bonds. The zero-order valence-corrected chi connectivity index (χ0v) is 10.4. The fraction of sp³-hybridized carbons (Fsp3) is 0.333. The van der Waals surface area contributed by atoms with Crippen LogP contribution in [0.5, 0.6) is 0 Å². The van der Waals surface area contributed by atoms with E-state index >= 15 is 0 Å². The Morgan fingerprint density at radius 2 is 2.15 bits per heavy atom. The molecular formula is C12H12F3N3O2. The van der Waals surface area contributed by atoms with Crippen LogP contribution in [0.4, 0.5) is 13.2 Å². The van der Waals surface area contributed by atoms with Gasteiger partial charge in [0, 0.05) is 17.1 Å². The average Bonchev–Trinajstić information content (AvgIpc) is 2.75. The maximum absolute atomic E-state index is 11.9. The summed E-state index contributed by atoms with van der Waals surface area (Å²) in [4.78, 5) is 11.0. The van der Waals surface area contributed by atoms with Crippen LogP contribution in [0.25, 0.3) is 10.9 Å². The third-order valence-electron chi connectivity index (χ3n) is 2.57. The molecule has 1 aromatic heterocycles. The van der Waals surface area contributed by atoms with Gasteiger partial charge in [-0.25, -0.2) is 0 Å². The summed E-state index contributed by atoms with van der Waals surface area (Å²) in [6.07, 6.45) is -2.70. The number of halogens is 3. The number of benzene rings is 1. The number of carbonyl (C=O) groups excluding carboxylic acids is 1. The van der Waals surface area contributed by atoms with Crippen LogP contribution in [0, 0.1) is 0 Å². The number of aromatic nitrogens is 2. The molecule has 2 N–H and O–H groups in total. The van der Waals surface area contributed by atoms with Gasteiger partial charge in [-0.1, -0.05) is 0 Å². The molecule has 0 aliphatic heterocycles. The molecule has 2 aromatic rings. The molecular weight excluding hydrogens is 275 g/mol. The van der Waals surface area contributed by atoms with Crippen LogP contribution in [0.1, 0.15) is 10.4 Å². The van der Waals surface area contributed by atoms with Crippen LogP contribution in [0.2, 0.25) is 0 Å². The highest BCUT2D eigenvalue weighted by Crippen LogP contribution is 2.15. The second-order valence-electron chi connectivity index (χ2n) is 4.20. The normalized spacial score (nSPS) is 11.9. The Morgan fingerprint density at radius 3 is 2.80 bits per heavy atom. The van der Waals surface area contributed by atoms with E-state index in [1.165, 1.54) is 4.68 Å². The number of rotatable bonds is 5. The van der Waals surface area contributed by atoms with Crippen molar-refractivity contribution in [3.63, 3.8) is 0 Å². The van der Waals surface area contributed by atoms with Gasteiger partial charge >= 0.3 is 6.18 Å². The van der Waals surface area contributed by atoms with Crippen LogP contribution in [0.3, 0.4) is 0 Å². The Kier molecular flexibility index (Phi) is 3.93. The summed E-state index contributed by atoms with van der Waals surface area (Å²) in [5.74, 6) is -0.548. The van der Waals surface area contributed by atoms with Crippen LogP contribution < -0.4 is 5.73 Å². The molecule has 20 heavy (non-hydrogen) atoms. The van der Waals surface area contributed by atoms with Crippen molar-refractivity contribution in [2.75, 3.05) is 13.2 Å². The summed E-state index contributed by atoms with van der Waals surface area (Å²) < 4.78 is 41.6. The van der Waals surface area contributed by atoms with Gasteiger partial charge in [0.2, 0.25) is 5.91 Å². The zero-order chi connectivity index (χ0) is 14.8. The molecule has 0 bridgehead atoms. The van der Waals surface area contributed by atoms with Crippen molar-refractivity contribution in [2.45, 2.75) is 12.7 Å². The Balaban J connectivity index is 1.99. The van der Waals surface area contributed by atoms with E-state index in [4.69, 9.17) is 5.73 Å². The van der Waals surface area contributed by atoms with E-state index in [1.54, 1.807) is 24.4 Å². The van der Waals surface area contributed by atoms with Crippen molar-refractivity contribution in [3.8, 4) is 0 Å². The number of nitrogens with zero attached hydrogens (tertiary/aromatic N) is 2.